The topological polar surface area (TPSA) is 93.1 Å². The summed E-state index contributed by atoms with van der Waals surface area (Å²) in [4.78, 5) is 10.6. The van der Waals surface area contributed by atoms with Crippen molar-refractivity contribution in [2.45, 2.75) is 43.7 Å². The molecule has 1 aromatic rings. The molecule has 1 unspecified atom stereocenters. The lowest BCUT2D eigenvalue weighted by molar-refractivity contribution is -0.123. The summed E-state index contributed by atoms with van der Waals surface area (Å²) in [6.07, 6.45) is -0.370. The summed E-state index contributed by atoms with van der Waals surface area (Å²) in [6.45, 7) is 4.53. The van der Waals surface area contributed by atoms with Crippen LogP contribution in [0.3, 0.4) is 0 Å². The van der Waals surface area contributed by atoms with Crippen LogP contribution >= 0.6 is 12.2 Å². The van der Waals surface area contributed by atoms with Gasteiger partial charge in [-0.3, -0.25) is 4.18 Å². The second-order valence-corrected chi connectivity index (χ2v) is 8.79. The van der Waals surface area contributed by atoms with Gasteiger partial charge >= 0.3 is 6.16 Å². The fourth-order valence-electron chi connectivity index (χ4n) is 3.27. The van der Waals surface area contributed by atoms with E-state index in [0.29, 0.717) is 19.4 Å². The Hall–Kier alpha value is -1.29. The molecule has 0 amide bonds. The van der Waals surface area contributed by atoms with E-state index in [0.717, 1.165) is 17.8 Å². The van der Waals surface area contributed by atoms with Gasteiger partial charge < -0.3 is 9.29 Å². The van der Waals surface area contributed by atoms with Gasteiger partial charge in [0.15, 0.2) is 12.2 Å². The van der Waals surface area contributed by atoms with E-state index in [2.05, 4.69) is 4.18 Å². The number of nitrogens with zero attached hydrogens (tertiary/aromatic N) is 1. The van der Waals surface area contributed by atoms with Crippen LogP contribution in [-0.2, 0) is 18.5 Å². The zero-order chi connectivity index (χ0) is 17.5. The van der Waals surface area contributed by atoms with Gasteiger partial charge in [0, 0.05) is 18.0 Å². The molecule has 0 radical (unpaired) electrons. The number of carboxylic acid groups (broad SMARTS) is 1. The molecule has 2 fully saturated rings. The summed E-state index contributed by atoms with van der Waals surface area (Å²) in [5.41, 5.74) is 0.975. The van der Waals surface area contributed by atoms with Crippen LogP contribution in [-0.4, -0.2) is 42.7 Å². The quantitative estimate of drug-likeness (QED) is 0.478. The third-order valence-electron chi connectivity index (χ3n) is 4.83. The van der Waals surface area contributed by atoms with Crippen molar-refractivity contribution in [1.29, 1.82) is 0 Å². The maximum Gasteiger partial charge on any atom is 0.519 e. The highest BCUT2D eigenvalue weighted by Gasteiger charge is 2.59. The first-order valence-corrected chi connectivity index (χ1v) is 9.67. The molecule has 1 aliphatic carbocycles. The average molecular weight is 373 g/mol. The molecule has 1 aliphatic heterocycles. The van der Waals surface area contributed by atoms with Gasteiger partial charge in [-0.25, -0.2) is 9.10 Å². The van der Waals surface area contributed by atoms with E-state index in [-0.39, 0.29) is 22.5 Å². The number of hydrogen-bond donors (Lipinski definition) is 1. The van der Waals surface area contributed by atoms with Gasteiger partial charge in [0.05, 0.1) is 11.0 Å². The molecule has 1 aromatic carbocycles. The average Bonchev–Trinajstić information content (AvgIpc) is 2.47. The minimum absolute atomic E-state index is 0.0116. The third kappa shape index (κ3) is 3.26. The fraction of sp³-hybridized carbons (Fsp3) is 0.533. The summed E-state index contributed by atoms with van der Waals surface area (Å²) in [6, 6.07) is 6.69. The molecule has 3 rings (SSSR count). The van der Waals surface area contributed by atoms with Crippen LogP contribution in [0.25, 0.3) is 0 Å². The third-order valence-corrected chi connectivity index (χ3v) is 7.06. The van der Waals surface area contributed by atoms with Crippen LogP contribution < -0.4 is 0 Å². The van der Waals surface area contributed by atoms with Gasteiger partial charge in [0.2, 0.25) is 0 Å². The zero-order valence-electron chi connectivity index (χ0n) is 13.3. The first-order valence-electron chi connectivity index (χ1n) is 7.56. The second-order valence-electron chi connectivity index (χ2n) is 6.43. The van der Waals surface area contributed by atoms with E-state index in [9.17, 15) is 13.2 Å². The van der Waals surface area contributed by atoms with Crippen LogP contribution in [0.5, 0.6) is 0 Å². The van der Waals surface area contributed by atoms with Gasteiger partial charge in [0.1, 0.15) is 0 Å². The molecule has 9 heteroatoms. The highest BCUT2D eigenvalue weighted by atomic mass is 32.2. The lowest BCUT2D eigenvalue weighted by Crippen LogP contribution is -2.67. The van der Waals surface area contributed by atoms with Crippen LogP contribution in [0.1, 0.15) is 25.3 Å². The van der Waals surface area contributed by atoms with Crippen molar-refractivity contribution in [2.75, 3.05) is 6.54 Å². The molecule has 7 nitrogen and oxygen atoms in total. The molecule has 1 heterocycles. The Balaban J connectivity index is 1.52. The largest absolute Gasteiger partial charge is 0.519 e. The van der Waals surface area contributed by atoms with Crippen molar-refractivity contribution in [1.82, 2.24) is 4.31 Å². The Bertz CT molecular complexity index is 727. The summed E-state index contributed by atoms with van der Waals surface area (Å²) in [7, 11) is -3.75. The molecule has 0 aromatic heterocycles. The SMILES string of the molecule is Cc1ccc(S(=O)(=O)OC2CC3(C2)CN(SOC(=O)O)C3C)cc1. The molecule has 1 saturated heterocycles. The molecular weight excluding hydrogens is 354 g/mol. The van der Waals surface area contributed by atoms with Gasteiger partial charge in [-0.05, 0) is 38.8 Å². The monoisotopic (exact) mass is 373 g/mol. The van der Waals surface area contributed by atoms with Gasteiger partial charge in [-0.1, -0.05) is 17.7 Å². The van der Waals surface area contributed by atoms with Gasteiger partial charge in [0.25, 0.3) is 10.1 Å². The van der Waals surface area contributed by atoms with Crippen molar-refractivity contribution < 1.29 is 26.7 Å². The van der Waals surface area contributed by atoms with Gasteiger partial charge in [-0.15, -0.1) is 0 Å². The van der Waals surface area contributed by atoms with Gasteiger partial charge in [-0.2, -0.15) is 8.42 Å². The van der Waals surface area contributed by atoms with Crippen molar-refractivity contribution >= 4 is 28.5 Å². The normalized spacial score (nSPS) is 29.8. The van der Waals surface area contributed by atoms with Crippen molar-refractivity contribution in [3.63, 3.8) is 0 Å². The minimum atomic E-state index is -3.75. The van der Waals surface area contributed by atoms with Crippen LogP contribution in [0, 0.1) is 12.3 Å². The Morgan fingerprint density at radius 2 is 1.96 bits per heavy atom. The van der Waals surface area contributed by atoms with Crippen LogP contribution in [0.15, 0.2) is 29.2 Å². The maximum absolute atomic E-state index is 12.3. The Kier molecular flexibility index (Phi) is 4.54. The predicted molar refractivity (Wildman–Crippen MR) is 87.8 cm³/mol. The first-order chi connectivity index (χ1) is 11.2. The van der Waals surface area contributed by atoms with E-state index in [1.54, 1.807) is 24.3 Å². The molecule has 2 aliphatic rings. The highest BCUT2D eigenvalue weighted by molar-refractivity contribution is 7.92. The second kappa shape index (κ2) is 6.21. The zero-order valence-corrected chi connectivity index (χ0v) is 15.0. The molecule has 1 atom stereocenters. The van der Waals surface area contributed by atoms with Crippen LogP contribution in [0.2, 0.25) is 0 Å². The number of benzene rings is 1. The molecule has 132 valence electrons. The summed E-state index contributed by atoms with van der Waals surface area (Å²) < 4.78 is 36.2. The van der Waals surface area contributed by atoms with E-state index in [1.165, 1.54) is 0 Å². The van der Waals surface area contributed by atoms with E-state index < -0.39 is 16.3 Å². The Morgan fingerprint density at radius 1 is 1.33 bits per heavy atom. The molecule has 24 heavy (non-hydrogen) atoms. The molecule has 1 N–H and O–H groups in total. The Morgan fingerprint density at radius 3 is 2.50 bits per heavy atom. The molecule has 1 saturated carbocycles. The van der Waals surface area contributed by atoms with Crippen molar-refractivity contribution in [2.24, 2.45) is 5.41 Å². The molecule has 1 spiro atoms. The smallest absolute Gasteiger partial charge is 0.449 e. The maximum atomic E-state index is 12.3. The summed E-state index contributed by atoms with van der Waals surface area (Å²) >= 11 is 0.818. The Labute approximate surface area is 145 Å². The van der Waals surface area contributed by atoms with E-state index >= 15 is 0 Å². The first kappa shape index (κ1) is 17.5. The standard InChI is InChI=1S/C15H19NO6S2/c1-10-3-5-13(6-4-10)24(19,20)22-12-7-15(8-12)9-16(11(15)2)23-21-14(17)18/h3-6,11-12H,7-9H2,1-2H3,(H,17,18). The minimum Gasteiger partial charge on any atom is -0.449 e. The molecule has 0 bridgehead atoms. The predicted octanol–water partition coefficient (Wildman–Crippen LogP) is 2.81. The van der Waals surface area contributed by atoms with E-state index in [1.807, 2.05) is 18.2 Å². The number of hydrogen-bond acceptors (Lipinski definition) is 7. The lowest BCUT2D eigenvalue weighted by Gasteiger charge is -2.61. The number of carbonyl (C=O) groups is 1. The fourth-order valence-corrected chi connectivity index (χ4v) is 5.16. The van der Waals surface area contributed by atoms with Crippen LogP contribution in [0.4, 0.5) is 4.79 Å². The highest BCUT2D eigenvalue weighted by Crippen LogP contribution is 2.56. The molecular formula is C15H19NO6S2. The van der Waals surface area contributed by atoms with E-state index in [4.69, 9.17) is 9.29 Å². The van der Waals surface area contributed by atoms with Crippen molar-refractivity contribution in [3.8, 4) is 0 Å². The lowest BCUT2D eigenvalue weighted by atomic mass is 9.58. The summed E-state index contributed by atoms with van der Waals surface area (Å²) in [5.74, 6) is 0. The summed E-state index contributed by atoms with van der Waals surface area (Å²) in [5, 5.41) is 8.51. The van der Waals surface area contributed by atoms with Crippen molar-refractivity contribution in [3.05, 3.63) is 29.8 Å². The number of aryl methyl sites for hydroxylation is 1. The number of rotatable bonds is 5.